The molecule has 5 heteroatoms. The van der Waals surface area contributed by atoms with Gasteiger partial charge in [0.15, 0.2) is 0 Å². The molecule has 2 amide bonds. The smallest absolute Gasteiger partial charge is 0.253 e. The van der Waals surface area contributed by atoms with Gasteiger partial charge in [-0.15, -0.1) is 6.58 Å². The van der Waals surface area contributed by atoms with Crippen LogP contribution in [0.1, 0.15) is 30.1 Å². The van der Waals surface area contributed by atoms with E-state index in [1.54, 1.807) is 30.3 Å². The number of para-hydroxylation sites is 1. The third-order valence-corrected chi connectivity index (χ3v) is 2.77. The topological polar surface area (TPSA) is 84.2 Å². The fourth-order valence-corrected chi connectivity index (χ4v) is 1.72. The summed E-state index contributed by atoms with van der Waals surface area (Å²) in [5, 5.41) is 5.38. The molecule has 0 aromatic heterocycles. The summed E-state index contributed by atoms with van der Waals surface area (Å²) in [6, 6.07) is 6.26. The summed E-state index contributed by atoms with van der Waals surface area (Å²) in [5.74, 6) is -0.541. The highest BCUT2D eigenvalue weighted by atomic mass is 16.2. The average Bonchev–Trinajstić information content (AvgIpc) is 2.45. The maximum atomic E-state index is 12.0. The molecule has 0 saturated carbocycles. The number of amides is 2. The van der Waals surface area contributed by atoms with Gasteiger partial charge in [0.05, 0.1) is 17.3 Å². The number of rotatable bonds is 7. The Balaban J connectivity index is 2.82. The Morgan fingerprint density at radius 1 is 1.40 bits per heavy atom. The van der Waals surface area contributed by atoms with Gasteiger partial charge in [-0.2, -0.15) is 0 Å². The first-order valence-corrected chi connectivity index (χ1v) is 6.64. The van der Waals surface area contributed by atoms with Crippen LogP contribution in [0, 0.1) is 0 Å². The fourth-order valence-electron chi connectivity index (χ4n) is 1.72. The fraction of sp³-hybridized carbons (Fsp3) is 0.333. The van der Waals surface area contributed by atoms with Crippen molar-refractivity contribution in [1.82, 2.24) is 5.32 Å². The Labute approximate surface area is 119 Å². The second kappa shape index (κ2) is 8.12. The average molecular weight is 275 g/mol. The van der Waals surface area contributed by atoms with Gasteiger partial charge in [0, 0.05) is 6.54 Å². The van der Waals surface area contributed by atoms with Crippen LogP contribution < -0.4 is 16.4 Å². The highest BCUT2D eigenvalue weighted by Gasteiger charge is 2.16. The lowest BCUT2D eigenvalue weighted by Crippen LogP contribution is -2.36. The molecule has 0 spiro atoms. The van der Waals surface area contributed by atoms with E-state index in [-0.39, 0.29) is 11.8 Å². The standard InChI is InChI=1S/C15H21N3O2/c1-3-7-12(16)15(20)18-13-9-6-5-8-11(13)14(19)17-10-4-2/h4-6,8-9,12H,2-3,7,10,16H2,1H3,(H,17,19)(H,18,20). The molecule has 0 saturated heterocycles. The van der Waals surface area contributed by atoms with E-state index in [1.807, 2.05) is 6.92 Å². The zero-order valence-electron chi connectivity index (χ0n) is 11.7. The highest BCUT2D eigenvalue weighted by Crippen LogP contribution is 2.15. The number of anilines is 1. The van der Waals surface area contributed by atoms with E-state index >= 15 is 0 Å². The first-order valence-electron chi connectivity index (χ1n) is 6.64. The molecule has 20 heavy (non-hydrogen) atoms. The Kier molecular flexibility index (Phi) is 6.46. The summed E-state index contributed by atoms with van der Waals surface area (Å²) in [4.78, 5) is 23.9. The summed E-state index contributed by atoms with van der Waals surface area (Å²) in [7, 11) is 0. The van der Waals surface area contributed by atoms with Crippen molar-refractivity contribution in [2.24, 2.45) is 5.73 Å². The normalized spacial score (nSPS) is 11.5. The molecular weight excluding hydrogens is 254 g/mol. The molecule has 0 aliphatic rings. The predicted octanol–water partition coefficient (Wildman–Crippen LogP) is 1.67. The lowest BCUT2D eigenvalue weighted by molar-refractivity contribution is -0.117. The predicted molar refractivity (Wildman–Crippen MR) is 80.5 cm³/mol. The van der Waals surface area contributed by atoms with Gasteiger partial charge in [-0.05, 0) is 18.6 Å². The number of carbonyl (C=O) groups excluding carboxylic acids is 2. The summed E-state index contributed by atoms with van der Waals surface area (Å²) >= 11 is 0. The molecule has 5 nitrogen and oxygen atoms in total. The van der Waals surface area contributed by atoms with Crippen molar-refractivity contribution in [1.29, 1.82) is 0 Å². The van der Waals surface area contributed by atoms with Gasteiger partial charge in [-0.3, -0.25) is 9.59 Å². The van der Waals surface area contributed by atoms with E-state index in [0.29, 0.717) is 24.2 Å². The number of benzene rings is 1. The van der Waals surface area contributed by atoms with Crippen molar-refractivity contribution < 1.29 is 9.59 Å². The molecule has 1 atom stereocenters. The number of hydrogen-bond acceptors (Lipinski definition) is 3. The third kappa shape index (κ3) is 4.51. The van der Waals surface area contributed by atoms with Crippen LogP contribution in [0.15, 0.2) is 36.9 Å². The molecule has 1 aromatic rings. The van der Waals surface area contributed by atoms with Gasteiger partial charge in [-0.25, -0.2) is 0 Å². The maximum Gasteiger partial charge on any atom is 0.253 e. The molecule has 1 aromatic carbocycles. The number of nitrogens with two attached hydrogens (primary N) is 1. The van der Waals surface area contributed by atoms with Gasteiger partial charge in [-0.1, -0.05) is 31.6 Å². The molecule has 0 bridgehead atoms. The molecule has 1 rings (SSSR count). The number of carbonyl (C=O) groups is 2. The largest absolute Gasteiger partial charge is 0.349 e. The Morgan fingerprint density at radius 2 is 2.10 bits per heavy atom. The minimum Gasteiger partial charge on any atom is -0.349 e. The Morgan fingerprint density at radius 3 is 2.75 bits per heavy atom. The van der Waals surface area contributed by atoms with Crippen LogP contribution in [0.25, 0.3) is 0 Å². The van der Waals surface area contributed by atoms with E-state index in [9.17, 15) is 9.59 Å². The van der Waals surface area contributed by atoms with Crippen LogP contribution >= 0.6 is 0 Å². The summed E-state index contributed by atoms with van der Waals surface area (Å²) in [6.45, 7) is 5.87. The molecule has 0 radical (unpaired) electrons. The first kappa shape index (κ1) is 15.9. The molecule has 108 valence electrons. The molecule has 0 fully saturated rings. The SMILES string of the molecule is C=CCNC(=O)c1ccccc1NC(=O)C(N)CCC. The molecule has 4 N–H and O–H groups in total. The van der Waals surface area contributed by atoms with Gasteiger partial charge in [0.25, 0.3) is 5.91 Å². The first-order chi connectivity index (χ1) is 9.60. The van der Waals surface area contributed by atoms with E-state index in [1.165, 1.54) is 0 Å². The summed E-state index contributed by atoms with van der Waals surface area (Å²) in [6.07, 6.45) is 3.03. The highest BCUT2D eigenvalue weighted by molar-refractivity contribution is 6.04. The van der Waals surface area contributed by atoms with Crippen LogP contribution in [-0.2, 0) is 4.79 Å². The van der Waals surface area contributed by atoms with Crippen molar-refractivity contribution >= 4 is 17.5 Å². The van der Waals surface area contributed by atoms with Crippen LogP contribution in [0.4, 0.5) is 5.69 Å². The van der Waals surface area contributed by atoms with Crippen LogP contribution in [0.3, 0.4) is 0 Å². The minimum absolute atomic E-state index is 0.259. The van der Waals surface area contributed by atoms with E-state index in [2.05, 4.69) is 17.2 Å². The Bertz CT molecular complexity index is 486. The van der Waals surface area contributed by atoms with Crippen molar-refractivity contribution in [2.45, 2.75) is 25.8 Å². The minimum atomic E-state index is -0.565. The second-order valence-corrected chi connectivity index (χ2v) is 4.43. The molecule has 1 unspecified atom stereocenters. The maximum absolute atomic E-state index is 12.0. The summed E-state index contributed by atoms with van der Waals surface area (Å²) in [5.41, 5.74) is 6.63. The van der Waals surface area contributed by atoms with E-state index in [4.69, 9.17) is 5.73 Å². The molecule has 0 aliphatic heterocycles. The second-order valence-electron chi connectivity index (χ2n) is 4.43. The lowest BCUT2D eigenvalue weighted by atomic mass is 10.1. The van der Waals surface area contributed by atoms with Crippen molar-refractivity contribution in [3.05, 3.63) is 42.5 Å². The van der Waals surface area contributed by atoms with Crippen molar-refractivity contribution in [2.75, 3.05) is 11.9 Å². The van der Waals surface area contributed by atoms with Crippen LogP contribution in [0.5, 0.6) is 0 Å². The van der Waals surface area contributed by atoms with Gasteiger partial charge >= 0.3 is 0 Å². The van der Waals surface area contributed by atoms with Gasteiger partial charge < -0.3 is 16.4 Å². The molecule has 0 heterocycles. The lowest BCUT2D eigenvalue weighted by Gasteiger charge is -2.14. The Hall–Kier alpha value is -2.14. The van der Waals surface area contributed by atoms with Gasteiger partial charge in [0.2, 0.25) is 5.91 Å². The number of hydrogen-bond donors (Lipinski definition) is 3. The van der Waals surface area contributed by atoms with E-state index < -0.39 is 6.04 Å². The van der Waals surface area contributed by atoms with Crippen molar-refractivity contribution in [3.8, 4) is 0 Å². The van der Waals surface area contributed by atoms with E-state index in [0.717, 1.165) is 6.42 Å². The van der Waals surface area contributed by atoms with Gasteiger partial charge in [0.1, 0.15) is 0 Å². The zero-order chi connectivity index (χ0) is 15.0. The monoisotopic (exact) mass is 275 g/mol. The third-order valence-electron chi connectivity index (χ3n) is 2.77. The van der Waals surface area contributed by atoms with Crippen molar-refractivity contribution in [3.63, 3.8) is 0 Å². The van der Waals surface area contributed by atoms with Crippen LogP contribution in [0.2, 0.25) is 0 Å². The summed E-state index contributed by atoms with van der Waals surface area (Å²) < 4.78 is 0. The molecule has 0 aliphatic carbocycles. The zero-order valence-corrected chi connectivity index (χ0v) is 11.7. The molecular formula is C15H21N3O2. The van der Waals surface area contributed by atoms with Crippen LogP contribution in [-0.4, -0.2) is 24.4 Å². The quantitative estimate of drug-likeness (QED) is 0.662. The number of nitrogens with one attached hydrogen (secondary N) is 2.